The Morgan fingerprint density at radius 2 is 1.60 bits per heavy atom. The van der Waals surface area contributed by atoms with Crippen LogP contribution in [-0.4, -0.2) is 23.1 Å². The van der Waals surface area contributed by atoms with Crippen LogP contribution in [0.3, 0.4) is 0 Å². The van der Waals surface area contributed by atoms with Crippen LogP contribution in [0.2, 0.25) is 0 Å². The molecular formula is C43H62O4. The van der Waals surface area contributed by atoms with Crippen molar-refractivity contribution in [3.8, 4) is 0 Å². The smallest absolute Gasteiger partial charge is 0.163 e. The molecule has 0 fully saturated rings. The highest BCUT2D eigenvalue weighted by Gasteiger charge is 2.34. The van der Waals surface area contributed by atoms with Gasteiger partial charge in [0, 0.05) is 30.7 Å². The average molecular weight is 643 g/mol. The van der Waals surface area contributed by atoms with Crippen molar-refractivity contribution in [2.45, 2.75) is 145 Å². The summed E-state index contributed by atoms with van der Waals surface area (Å²) in [5.41, 5.74) is 6.74. The first kappa shape index (κ1) is 40.0. The molecule has 0 spiro atoms. The van der Waals surface area contributed by atoms with E-state index >= 15 is 0 Å². The van der Waals surface area contributed by atoms with Gasteiger partial charge in [-0.2, -0.15) is 0 Å². The van der Waals surface area contributed by atoms with Crippen LogP contribution in [-0.2, 0) is 20.8 Å². The van der Waals surface area contributed by atoms with Gasteiger partial charge in [-0.15, -0.1) is 0 Å². The van der Waals surface area contributed by atoms with Gasteiger partial charge in [-0.3, -0.25) is 19.2 Å². The molecule has 47 heavy (non-hydrogen) atoms. The predicted octanol–water partition coefficient (Wildman–Crippen LogP) is 11.3. The van der Waals surface area contributed by atoms with Crippen LogP contribution in [0, 0.1) is 24.7 Å². The van der Waals surface area contributed by atoms with Gasteiger partial charge in [0.15, 0.2) is 5.78 Å². The van der Waals surface area contributed by atoms with Crippen LogP contribution in [0.25, 0.3) is 5.57 Å². The minimum Gasteiger partial charge on any atom is -0.300 e. The number of ketones is 4. The molecule has 1 aromatic rings. The molecule has 0 saturated carbocycles. The van der Waals surface area contributed by atoms with E-state index in [-0.39, 0.29) is 41.5 Å². The Kier molecular flexibility index (Phi) is 18.5. The van der Waals surface area contributed by atoms with Crippen LogP contribution < -0.4 is 0 Å². The second-order valence-corrected chi connectivity index (χ2v) is 13.8. The van der Waals surface area contributed by atoms with Crippen molar-refractivity contribution in [3.05, 3.63) is 76.4 Å². The molecular weight excluding hydrogens is 580 g/mol. The number of fused-ring (bicyclic) bond motifs is 1. The second kappa shape index (κ2) is 21.7. The molecule has 4 nitrogen and oxygen atoms in total. The SMILES string of the molecule is CCC.CCCC(=O)CCC/C1=C/C=C(/c2ccc(C)c3c2CC(CC(CCC)C(CC)C(=O)CC(C)=O)CC3=O)C/C=C\C=C/C1. The normalized spacial score (nSPS) is 21.0. The molecule has 0 amide bonds. The minimum atomic E-state index is -0.132. The minimum absolute atomic E-state index is 0.00983. The number of carbonyl (C=O) groups is 4. The topological polar surface area (TPSA) is 68.3 Å². The molecule has 2 aliphatic carbocycles. The van der Waals surface area contributed by atoms with Gasteiger partial charge in [-0.05, 0) is 99.3 Å². The molecule has 0 saturated heterocycles. The summed E-state index contributed by atoms with van der Waals surface area (Å²) >= 11 is 0. The summed E-state index contributed by atoms with van der Waals surface area (Å²) in [6, 6.07) is 4.28. The highest BCUT2D eigenvalue weighted by Crippen LogP contribution is 2.39. The molecule has 3 unspecified atom stereocenters. The van der Waals surface area contributed by atoms with Gasteiger partial charge < -0.3 is 0 Å². The molecule has 258 valence electrons. The third-order valence-electron chi connectivity index (χ3n) is 9.36. The maximum Gasteiger partial charge on any atom is 0.163 e. The Labute approximate surface area is 286 Å². The second-order valence-electron chi connectivity index (χ2n) is 13.8. The van der Waals surface area contributed by atoms with Gasteiger partial charge in [0.05, 0.1) is 6.42 Å². The maximum atomic E-state index is 13.7. The Balaban J connectivity index is 0.00000246. The standard InChI is InChI=1S/C40H54O4.C3H8/c1-6-14-33(35(8-3)38(43)24-29(5)41)25-31-26-37-36(23-20-28(4)40(37)39(44)27-31)32-18-12-10-9-11-16-30(21-22-32)17-13-19-34(42)15-7-2;1-3-2/h9-12,20-23,31,33,35H,6-8,13-19,24-27H2,1-5H3;3H2,1-2H3/b11-9-,12-10-,30-21+,32-22+;. The van der Waals surface area contributed by atoms with E-state index in [2.05, 4.69) is 76.3 Å². The van der Waals surface area contributed by atoms with Gasteiger partial charge in [0.1, 0.15) is 17.3 Å². The van der Waals surface area contributed by atoms with E-state index in [1.165, 1.54) is 24.5 Å². The quantitative estimate of drug-likeness (QED) is 0.168. The molecule has 3 atom stereocenters. The number of hydrogen-bond acceptors (Lipinski definition) is 4. The lowest BCUT2D eigenvalue weighted by atomic mass is 9.71. The van der Waals surface area contributed by atoms with Gasteiger partial charge in [-0.1, -0.05) is 108 Å². The van der Waals surface area contributed by atoms with Gasteiger partial charge in [0.25, 0.3) is 0 Å². The molecule has 4 heteroatoms. The van der Waals surface area contributed by atoms with Crippen molar-refractivity contribution in [3.63, 3.8) is 0 Å². The summed E-state index contributed by atoms with van der Waals surface area (Å²) in [6.07, 6.45) is 24.7. The van der Waals surface area contributed by atoms with E-state index in [0.717, 1.165) is 86.5 Å². The fraction of sp³-hybridized carbons (Fsp3) is 0.581. The molecule has 0 heterocycles. The zero-order valence-electron chi connectivity index (χ0n) is 30.6. The van der Waals surface area contributed by atoms with E-state index in [1.807, 2.05) is 13.8 Å². The lowest BCUT2D eigenvalue weighted by molar-refractivity contribution is -0.130. The molecule has 0 N–H and O–H groups in total. The zero-order chi connectivity index (χ0) is 34.8. The van der Waals surface area contributed by atoms with Crippen LogP contribution >= 0.6 is 0 Å². The van der Waals surface area contributed by atoms with Crippen molar-refractivity contribution in [2.24, 2.45) is 17.8 Å². The Bertz CT molecular complexity index is 1320. The monoisotopic (exact) mass is 642 g/mol. The highest BCUT2D eigenvalue weighted by molar-refractivity contribution is 6.01. The van der Waals surface area contributed by atoms with E-state index in [0.29, 0.717) is 25.0 Å². The zero-order valence-corrected chi connectivity index (χ0v) is 30.6. The number of hydrogen-bond donors (Lipinski definition) is 0. The number of aryl methyl sites for hydroxylation is 1. The summed E-state index contributed by atoms with van der Waals surface area (Å²) < 4.78 is 0. The number of Topliss-reactive ketones (excluding diaryl/α,β-unsaturated/α-hetero) is 4. The summed E-state index contributed by atoms with van der Waals surface area (Å²) in [6.45, 7) is 14.0. The lowest BCUT2D eigenvalue weighted by Crippen LogP contribution is -2.30. The lowest BCUT2D eigenvalue weighted by Gasteiger charge is -2.33. The summed E-state index contributed by atoms with van der Waals surface area (Å²) in [5, 5.41) is 0. The molecule has 1 aromatic carbocycles. The third kappa shape index (κ3) is 13.1. The number of carbonyl (C=O) groups excluding carboxylic acids is 4. The number of rotatable bonds is 16. The Morgan fingerprint density at radius 1 is 0.894 bits per heavy atom. The summed E-state index contributed by atoms with van der Waals surface area (Å²) in [4.78, 5) is 50.6. The van der Waals surface area contributed by atoms with E-state index in [4.69, 9.17) is 0 Å². The molecule has 2 aliphatic rings. The van der Waals surface area contributed by atoms with Gasteiger partial charge in [0.2, 0.25) is 0 Å². The predicted molar refractivity (Wildman–Crippen MR) is 198 cm³/mol. The third-order valence-corrected chi connectivity index (χ3v) is 9.36. The van der Waals surface area contributed by atoms with Crippen molar-refractivity contribution in [2.75, 3.05) is 0 Å². The van der Waals surface area contributed by atoms with Gasteiger partial charge >= 0.3 is 0 Å². The van der Waals surface area contributed by atoms with E-state index < -0.39 is 0 Å². The Morgan fingerprint density at radius 3 is 2.23 bits per heavy atom. The van der Waals surface area contributed by atoms with Crippen LogP contribution in [0.1, 0.15) is 158 Å². The first-order chi connectivity index (χ1) is 22.6. The van der Waals surface area contributed by atoms with E-state index in [9.17, 15) is 19.2 Å². The molecule has 3 rings (SSSR count). The van der Waals surface area contributed by atoms with Crippen molar-refractivity contribution < 1.29 is 19.2 Å². The fourth-order valence-electron chi connectivity index (χ4n) is 7.27. The van der Waals surface area contributed by atoms with Crippen molar-refractivity contribution in [1.29, 1.82) is 0 Å². The maximum absolute atomic E-state index is 13.7. The van der Waals surface area contributed by atoms with Crippen LogP contribution in [0.4, 0.5) is 0 Å². The fourth-order valence-corrected chi connectivity index (χ4v) is 7.27. The first-order valence-electron chi connectivity index (χ1n) is 18.5. The van der Waals surface area contributed by atoms with Crippen molar-refractivity contribution in [1.82, 2.24) is 0 Å². The van der Waals surface area contributed by atoms with Crippen molar-refractivity contribution >= 4 is 28.7 Å². The first-order valence-corrected chi connectivity index (χ1v) is 18.5. The molecule has 0 aromatic heterocycles. The van der Waals surface area contributed by atoms with E-state index in [1.54, 1.807) is 0 Å². The van der Waals surface area contributed by atoms with Crippen LogP contribution in [0.15, 0.2) is 54.2 Å². The molecule has 0 radical (unpaired) electrons. The number of allylic oxidation sites excluding steroid dienone is 8. The Hall–Kier alpha value is -3.14. The largest absolute Gasteiger partial charge is 0.300 e. The summed E-state index contributed by atoms with van der Waals surface area (Å²) in [5.74, 6) is 0.771. The highest BCUT2D eigenvalue weighted by atomic mass is 16.1. The average Bonchev–Trinajstić information content (AvgIpc) is 3.01. The number of benzene rings is 1. The van der Waals surface area contributed by atoms with Crippen LogP contribution in [0.5, 0.6) is 0 Å². The molecule has 0 bridgehead atoms. The van der Waals surface area contributed by atoms with Gasteiger partial charge in [-0.25, -0.2) is 0 Å². The molecule has 0 aliphatic heterocycles. The summed E-state index contributed by atoms with van der Waals surface area (Å²) in [7, 11) is 0.